The summed E-state index contributed by atoms with van der Waals surface area (Å²) in [6, 6.07) is 6.29. The van der Waals surface area contributed by atoms with Crippen molar-refractivity contribution in [2.75, 3.05) is 7.11 Å². The van der Waals surface area contributed by atoms with E-state index in [1.54, 1.807) is 19.1 Å². The molecule has 7 heteroatoms. The van der Waals surface area contributed by atoms with Crippen molar-refractivity contribution >= 4 is 37.8 Å². The number of hydrogen-bond acceptors (Lipinski definition) is 3. The van der Waals surface area contributed by atoms with Gasteiger partial charge in [0.15, 0.2) is 0 Å². The van der Waals surface area contributed by atoms with Gasteiger partial charge in [-0.3, -0.25) is 0 Å². The Morgan fingerprint density at radius 1 is 1.04 bits per heavy atom. The van der Waals surface area contributed by atoms with Gasteiger partial charge in [-0.2, -0.15) is 0 Å². The molecule has 2 rings (SSSR count). The molecule has 2 aromatic rings. The Kier molecular flexibility index (Phi) is 10.1. The van der Waals surface area contributed by atoms with Gasteiger partial charge in [0.05, 0.1) is 28.2 Å². The number of carbonyl (C=O) groups excluding carboxylic acids is 1. The molecule has 2 aromatic carbocycles. The fourth-order valence-corrected chi connectivity index (χ4v) is 2.71. The van der Waals surface area contributed by atoms with Crippen molar-refractivity contribution in [2.24, 2.45) is 0 Å². The first kappa shape index (κ1) is 23.7. The SMILES string of the molecule is C.COC(=O)c1ccc(Br)c(F)c1C.Cc1c(CO)ccc(Br)c1F. The number of methoxy groups -OCH3 is 1. The second-order valence-corrected chi connectivity index (χ2v) is 6.54. The first-order valence-corrected chi connectivity index (χ1v) is 8.40. The molecule has 1 N–H and O–H groups in total. The smallest absolute Gasteiger partial charge is 0.338 e. The highest BCUT2D eigenvalue weighted by Crippen LogP contribution is 2.22. The van der Waals surface area contributed by atoms with Gasteiger partial charge in [0, 0.05) is 5.56 Å². The Hall–Kier alpha value is -1.31. The second-order valence-electron chi connectivity index (χ2n) is 4.83. The van der Waals surface area contributed by atoms with E-state index in [0.717, 1.165) is 0 Å². The lowest BCUT2D eigenvalue weighted by atomic mass is 10.1. The van der Waals surface area contributed by atoms with Crippen molar-refractivity contribution in [1.29, 1.82) is 0 Å². The molecule has 0 heterocycles. The van der Waals surface area contributed by atoms with Crippen LogP contribution in [0.5, 0.6) is 0 Å². The molecule has 0 bridgehead atoms. The molecule has 0 aliphatic rings. The Labute approximate surface area is 163 Å². The lowest BCUT2D eigenvalue weighted by molar-refractivity contribution is 0.0599. The molecule has 0 spiro atoms. The molecule has 0 aromatic heterocycles. The third-order valence-electron chi connectivity index (χ3n) is 3.37. The summed E-state index contributed by atoms with van der Waals surface area (Å²) in [7, 11) is 1.27. The summed E-state index contributed by atoms with van der Waals surface area (Å²) in [5.74, 6) is -1.25. The van der Waals surface area contributed by atoms with Crippen LogP contribution >= 0.6 is 31.9 Å². The maximum Gasteiger partial charge on any atom is 0.338 e. The van der Waals surface area contributed by atoms with Crippen molar-refractivity contribution in [3.8, 4) is 0 Å². The van der Waals surface area contributed by atoms with E-state index in [0.29, 0.717) is 25.6 Å². The third-order valence-corrected chi connectivity index (χ3v) is 4.59. The fourth-order valence-electron chi connectivity index (χ4n) is 1.85. The summed E-state index contributed by atoms with van der Waals surface area (Å²) in [6.07, 6.45) is 0. The third kappa shape index (κ3) is 5.87. The Bertz CT molecular complexity index is 750. The van der Waals surface area contributed by atoms with Crippen molar-refractivity contribution in [3.05, 3.63) is 67.1 Å². The summed E-state index contributed by atoms with van der Waals surface area (Å²) in [6.45, 7) is 3.06. The lowest BCUT2D eigenvalue weighted by Gasteiger charge is -2.05. The van der Waals surface area contributed by atoms with Crippen molar-refractivity contribution in [2.45, 2.75) is 27.9 Å². The Morgan fingerprint density at radius 2 is 1.52 bits per heavy atom. The zero-order valence-corrected chi connectivity index (χ0v) is 16.5. The summed E-state index contributed by atoms with van der Waals surface area (Å²) in [5.41, 5.74) is 1.68. The number of aliphatic hydroxyl groups excluding tert-OH is 1. The van der Waals surface area contributed by atoms with Crippen LogP contribution in [0.1, 0.15) is 34.5 Å². The van der Waals surface area contributed by atoms with Gasteiger partial charge in [0.2, 0.25) is 0 Å². The minimum Gasteiger partial charge on any atom is -0.465 e. The van der Waals surface area contributed by atoms with E-state index in [1.165, 1.54) is 26.2 Å². The topological polar surface area (TPSA) is 46.5 Å². The van der Waals surface area contributed by atoms with Crippen LogP contribution in [0.4, 0.5) is 8.78 Å². The maximum absolute atomic E-state index is 13.2. The van der Waals surface area contributed by atoms with Crippen molar-refractivity contribution in [1.82, 2.24) is 0 Å². The van der Waals surface area contributed by atoms with Crippen molar-refractivity contribution < 1.29 is 23.4 Å². The van der Waals surface area contributed by atoms with Crippen LogP contribution in [0.2, 0.25) is 0 Å². The molecule has 0 unspecified atom stereocenters. The molecule has 0 aliphatic carbocycles. The van der Waals surface area contributed by atoms with E-state index in [9.17, 15) is 13.6 Å². The molecule has 0 saturated carbocycles. The number of rotatable bonds is 2. The summed E-state index contributed by atoms with van der Waals surface area (Å²) in [4.78, 5) is 11.1. The predicted molar refractivity (Wildman–Crippen MR) is 102 cm³/mol. The Morgan fingerprint density at radius 3 is 2.00 bits per heavy atom. The highest BCUT2D eigenvalue weighted by atomic mass is 79.9. The van der Waals surface area contributed by atoms with Crippen LogP contribution in [-0.2, 0) is 11.3 Å². The van der Waals surface area contributed by atoms with E-state index in [4.69, 9.17) is 5.11 Å². The molecule has 0 fully saturated rings. The number of ether oxygens (including phenoxy) is 1. The van der Waals surface area contributed by atoms with Crippen LogP contribution in [0.15, 0.2) is 33.2 Å². The maximum atomic E-state index is 13.2. The normalized spacial score (nSPS) is 9.60. The number of esters is 1. The van der Waals surface area contributed by atoms with Gasteiger partial charge in [-0.1, -0.05) is 13.5 Å². The van der Waals surface area contributed by atoms with E-state index in [2.05, 4.69) is 36.6 Å². The van der Waals surface area contributed by atoms with Gasteiger partial charge >= 0.3 is 5.97 Å². The number of carbonyl (C=O) groups is 1. The number of benzene rings is 2. The molecule has 0 radical (unpaired) electrons. The Balaban J connectivity index is 0.000000449. The number of aliphatic hydroxyl groups is 1. The molecule has 0 amide bonds. The average Bonchev–Trinajstić information content (AvgIpc) is 2.58. The molecule has 25 heavy (non-hydrogen) atoms. The average molecular weight is 482 g/mol. The zero-order valence-electron chi connectivity index (χ0n) is 13.3. The highest BCUT2D eigenvalue weighted by molar-refractivity contribution is 9.10. The minimum atomic E-state index is -0.524. The molecular weight excluding hydrogens is 462 g/mol. The zero-order chi connectivity index (χ0) is 18.4. The quantitative estimate of drug-likeness (QED) is 0.559. The standard InChI is InChI=1S/C9H8BrFO2.C8H8BrFO.CH4/c1-5-6(9(12)13-2)3-4-7(10)8(5)11;1-5-6(4-11)2-3-7(9)8(5)10;/h3-4H,1-2H3;2-3,11H,4H2,1H3;1H4. The van der Waals surface area contributed by atoms with Gasteiger partial charge in [-0.05, 0) is 75.0 Å². The van der Waals surface area contributed by atoms with Crippen molar-refractivity contribution in [3.63, 3.8) is 0 Å². The van der Waals surface area contributed by atoms with Gasteiger partial charge in [0.25, 0.3) is 0 Å². The molecule has 0 aliphatic heterocycles. The first-order valence-electron chi connectivity index (χ1n) is 6.81. The van der Waals surface area contributed by atoms with E-state index in [-0.39, 0.29) is 25.4 Å². The van der Waals surface area contributed by atoms with Gasteiger partial charge in [-0.25, -0.2) is 13.6 Å². The van der Waals surface area contributed by atoms with Gasteiger partial charge in [0.1, 0.15) is 11.6 Å². The predicted octanol–water partition coefficient (Wildman–Crippen LogP) is 5.71. The first-order chi connectivity index (χ1) is 11.2. The summed E-state index contributed by atoms with van der Waals surface area (Å²) in [5, 5.41) is 8.75. The molecular formula is C18H20Br2F2O3. The minimum absolute atomic E-state index is 0. The van der Waals surface area contributed by atoms with Crippen LogP contribution in [0, 0.1) is 25.5 Å². The molecule has 138 valence electrons. The van der Waals surface area contributed by atoms with Crippen LogP contribution in [0.3, 0.4) is 0 Å². The fraction of sp³-hybridized carbons (Fsp3) is 0.278. The van der Waals surface area contributed by atoms with Gasteiger partial charge in [-0.15, -0.1) is 0 Å². The van der Waals surface area contributed by atoms with Crippen LogP contribution in [-0.4, -0.2) is 18.2 Å². The molecule has 0 saturated heterocycles. The van der Waals surface area contributed by atoms with E-state index in [1.807, 2.05) is 0 Å². The molecule has 3 nitrogen and oxygen atoms in total. The molecule has 0 atom stereocenters. The van der Waals surface area contributed by atoms with Crippen LogP contribution < -0.4 is 0 Å². The van der Waals surface area contributed by atoms with E-state index >= 15 is 0 Å². The highest BCUT2D eigenvalue weighted by Gasteiger charge is 2.14. The van der Waals surface area contributed by atoms with Crippen LogP contribution in [0.25, 0.3) is 0 Å². The summed E-state index contributed by atoms with van der Waals surface area (Å²) >= 11 is 6.08. The lowest BCUT2D eigenvalue weighted by Crippen LogP contribution is -2.05. The summed E-state index contributed by atoms with van der Waals surface area (Å²) < 4.78 is 31.5. The monoisotopic (exact) mass is 480 g/mol. The van der Waals surface area contributed by atoms with E-state index < -0.39 is 11.8 Å². The van der Waals surface area contributed by atoms with Gasteiger partial charge < -0.3 is 9.84 Å². The number of halogens is 4. The largest absolute Gasteiger partial charge is 0.465 e. The number of hydrogen-bond donors (Lipinski definition) is 1. The second kappa shape index (κ2) is 10.6.